The zero-order valence-corrected chi connectivity index (χ0v) is 12.8. The van der Waals surface area contributed by atoms with Gasteiger partial charge in [0.05, 0.1) is 6.21 Å². The molecule has 0 spiro atoms. The second kappa shape index (κ2) is 5.28. The smallest absolute Gasteiger partial charge is 0.322 e. The van der Waals surface area contributed by atoms with E-state index in [1.807, 2.05) is 31.2 Å². The molecule has 0 aromatic heterocycles. The monoisotopic (exact) mass is 371 g/mol. The third kappa shape index (κ3) is 2.63. The van der Waals surface area contributed by atoms with Gasteiger partial charge in [-0.25, -0.2) is 4.79 Å². The molecule has 1 atom stereocenters. The third-order valence-corrected chi connectivity index (χ3v) is 4.15. The van der Waals surface area contributed by atoms with E-state index in [4.69, 9.17) is 0 Å². The van der Waals surface area contributed by atoms with E-state index in [1.165, 1.54) is 6.21 Å². The van der Waals surface area contributed by atoms with Gasteiger partial charge in [-0.05, 0) is 42.0 Å². The van der Waals surface area contributed by atoms with Crippen molar-refractivity contribution in [2.45, 2.75) is 25.8 Å². The number of benzene rings is 1. The summed E-state index contributed by atoms with van der Waals surface area (Å²) in [4.78, 5) is 23.8. The molecular formula is C13H14IN3O2. The maximum absolute atomic E-state index is 12.1. The van der Waals surface area contributed by atoms with Crippen molar-refractivity contribution < 1.29 is 9.59 Å². The van der Waals surface area contributed by atoms with Crippen LogP contribution in [0.25, 0.3) is 0 Å². The van der Waals surface area contributed by atoms with Crippen LogP contribution in [0.2, 0.25) is 0 Å². The molecule has 19 heavy (non-hydrogen) atoms. The number of carbonyl (C=O) groups is 2. The standard InChI is InChI=1S/C13H14IN3O2/c1-3-13(2)11(18)17(12(19)16-13)15-8-9-6-4-5-7-10(9)14/h4-8H,3H2,1-2H3,(H,16,19)/b15-8-/t13-/m1/s1. The fourth-order valence-corrected chi connectivity index (χ4v) is 2.24. The largest absolute Gasteiger partial charge is 0.346 e. The molecule has 2 rings (SSSR count). The number of carbonyl (C=O) groups excluding carboxylic acids is 2. The van der Waals surface area contributed by atoms with Gasteiger partial charge in [0.2, 0.25) is 0 Å². The average molecular weight is 371 g/mol. The summed E-state index contributed by atoms with van der Waals surface area (Å²) in [5.74, 6) is -0.317. The molecule has 0 unspecified atom stereocenters. The highest BCUT2D eigenvalue weighted by molar-refractivity contribution is 14.1. The highest BCUT2D eigenvalue weighted by Gasteiger charge is 2.46. The number of rotatable bonds is 3. The molecule has 1 N–H and O–H groups in total. The lowest BCUT2D eigenvalue weighted by Crippen LogP contribution is -2.42. The molecule has 1 aliphatic heterocycles. The fraction of sp³-hybridized carbons (Fsp3) is 0.308. The highest BCUT2D eigenvalue weighted by atomic mass is 127. The van der Waals surface area contributed by atoms with Crippen LogP contribution in [0.15, 0.2) is 29.4 Å². The molecule has 6 heteroatoms. The first kappa shape index (κ1) is 14.0. The number of nitrogens with one attached hydrogen (secondary N) is 1. The maximum atomic E-state index is 12.1. The van der Waals surface area contributed by atoms with E-state index in [2.05, 4.69) is 33.0 Å². The van der Waals surface area contributed by atoms with Crippen molar-refractivity contribution >= 4 is 40.7 Å². The number of hydrazone groups is 1. The molecule has 0 bridgehead atoms. The topological polar surface area (TPSA) is 61.8 Å². The van der Waals surface area contributed by atoms with Crippen molar-refractivity contribution in [3.8, 4) is 0 Å². The van der Waals surface area contributed by atoms with Crippen LogP contribution in [-0.2, 0) is 4.79 Å². The lowest BCUT2D eigenvalue weighted by atomic mass is 10.00. The van der Waals surface area contributed by atoms with Gasteiger partial charge in [0, 0.05) is 9.13 Å². The Bertz CT molecular complexity index is 559. The maximum Gasteiger partial charge on any atom is 0.346 e. The molecule has 1 aromatic rings. The van der Waals surface area contributed by atoms with Crippen molar-refractivity contribution in [1.29, 1.82) is 0 Å². The van der Waals surface area contributed by atoms with E-state index >= 15 is 0 Å². The SMILES string of the molecule is CC[C@@]1(C)NC(=O)N(/N=C\c2ccccc2I)C1=O. The summed E-state index contributed by atoms with van der Waals surface area (Å²) in [6, 6.07) is 7.13. The summed E-state index contributed by atoms with van der Waals surface area (Å²) >= 11 is 2.18. The van der Waals surface area contributed by atoms with Crippen LogP contribution < -0.4 is 5.32 Å². The molecule has 1 saturated heterocycles. The molecule has 1 aromatic carbocycles. The van der Waals surface area contributed by atoms with Crippen LogP contribution in [-0.4, -0.2) is 28.7 Å². The van der Waals surface area contributed by atoms with E-state index in [0.29, 0.717) is 6.42 Å². The lowest BCUT2D eigenvalue weighted by Gasteiger charge is -2.17. The van der Waals surface area contributed by atoms with Gasteiger partial charge in [-0.3, -0.25) is 4.79 Å². The third-order valence-electron chi connectivity index (χ3n) is 3.16. The Labute approximate surface area is 125 Å². The van der Waals surface area contributed by atoms with Crippen LogP contribution in [0, 0.1) is 3.57 Å². The first-order valence-electron chi connectivity index (χ1n) is 5.93. The van der Waals surface area contributed by atoms with Crippen LogP contribution >= 0.6 is 22.6 Å². The van der Waals surface area contributed by atoms with E-state index < -0.39 is 11.6 Å². The Morgan fingerprint density at radius 2 is 2.11 bits per heavy atom. The molecule has 0 aliphatic carbocycles. The Hall–Kier alpha value is -1.44. The number of halogens is 1. The minimum absolute atomic E-state index is 0.317. The molecule has 0 saturated carbocycles. The Morgan fingerprint density at radius 1 is 1.42 bits per heavy atom. The van der Waals surface area contributed by atoms with Crippen molar-refractivity contribution in [3.63, 3.8) is 0 Å². The van der Waals surface area contributed by atoms with Crippen molar-refractivity contribution in [2.24, 2.45) is 5.10 Å². The number of amides is 3. The van der Waals surface area contributed by atoms with Gasteiger partial charge in [-0.15, -0.1) is 5.01 Å². The quantitative estimate of drug-likeness (QED) is 0.504. The number of imide groups is 1. The van der Waals surface area contributed by atoms with Gasteiger partial charge < -0.3 is 5.32 Å². The minimum Gasteiger partial charge on any atom is -0.322 e. The lowest BCUT2D eigenvalue weighted by molar-refractivity contribution is -0.130. The number of hydrogen-bond acceptors (Lipinski definition) is 3. The van der Waals surface area contributed by atoms with Gasteiger partial charge in [-0.2, -0.15) is 5.10 Å². The molecule has 1 heterocycles. The van der Waals surface area contributed by atoms with Gasteiger partial charge in [-0.1, -0.05) is 25.1 Å². The zero-order chi connectivity index (χ0) is 14.0. The molecule has 1 aliphatic rings. The molecular weight excluding hydrogens is 357 g/mol. The van der Waals surface area contributed by atoms with E-state index in [-0.39, 0.29) is 5.91 Å². The minimum atomic E-state index is -0.849. The van der Waals surface area contributed by atoms with Crippen LogP contribution in [0.1, 0.15) is 25.8 Å². The summed E-state index contributed by atoms with van der Waals surface area (Å²) < 4.78 is 1.01. The predicted molar refractivity (Wildman–Crippen MR) is 80.8 cm³/mol. The van der Waals surface area contributed by atoms with E-state index in [9.17, 15) is 9.59 Å². The molecule has 0 radical (unpaired) electrons. The Morgan fingerprint density at radius 3 is 2.68 bits per heavy atom. The van der Waals surface area contributed by atoms with Gasteiger partial charge in [0.25, 0.3) is 5.91 Å². The van der Waals surface area contributed by atoms with Crippen LogP contribution in [0.3, 0.4) is 0 Å². The molecule has 5 nitrogen and oxygen atoms in total. The second-order valence-electron chi connectivity index (χ2n) is 4.50. The molecule has 100 valence electrons. The summed E-state index contributed by atoms with van der Waals surface area (Å²) in [7, 11) is 0. The van der Waals surface area contributed by atoms with Gasteiger partial charge in [0.15, 0.2) is 0 Å². The normalized spacial score (nSPS) is 23.2. The van der Waals surface area contributed by atoms with Crippen molar-refractivity contribution in [3.05, 3.63) is 33.4 Å². The summed E-state index contributed by atoms with van der Waals surface area (Å²) in [6.45, 7) is 3.56. The zero-order valence-electron chi connectivity index (χ0n) is 10.7. The predicted octanol–water partition coefficient (Wildman–Crippen LogP) is 2.35. The number of hydrogen-bond donors (Lipinski definition) is 1. The highest BCUT2D eigenvalue weighted by Crippen LogP contribution is 2.21. The Kier molecular flexibility index (Phi) is 3.88. The second-order valence-corrected chi connectivity index (χ2v) is 5.66. The first-order chi connectivity index (χ1) is 8.98. The molecule has 3 amide bonds. The van der Waals surface area contributed by atoms with E-state index in [0.717, 1.165) is 14.1 Å². The number of urea groups is 1. The van der Waals surface area contributed by atoms with Crippen LogP contribution in [0.5, 0.6) is 0 Å². The number of nitrogens with zero attached hydrogens (tertiary/aromatic N) is 2. The average Bonchev–Trinajstić information content (AvgIpc) is 2.61. The van der Waals surface area contributed by atoms with Crippen LogP contribution in [0.4, 0.5) is 4.79 Å². The van der Waals surface area contributed by atoms with Gasteiger partial charge >= 0.3 is 6.03 Å². The van der Waals surface area contributed by atoms with E-state index in [1.54, 1.807) is 6.92 Å². The van der Waals surface area contributed by atoms with Crippen molar-refractivity contribution in [2.75, 3.05) is 0 Å². The summed E-state index contributed by atoms with van der Waals surface area (Å²) in [5, 5.41) is 7.55. The van der Waals surface area contributed by atoms with Gasteiger partial charge in [0.1, 0.15) is 5.54 Å². The molecule has 1 fully saturated rings. The van der Waals surface area contributed by atoms with Crippen molar-refractivity contribution in [1.82, 2.24) is 10.3 Å². The summed E-state index contributed by atoms with van der Waals surface area (Å²) in [6.07, 6.45) is 2.06. The first-order valence-corrected chi connectivity index (χ1v) is 7.01. The Balaban J connectivity index is 2.23. The summed E-state index contributed by atoms with van der Waals surface area (Å²) in [5.41, 5.74) is 0.0203. The fourth-order valence-electron chi connectivity index (χ4n) is 1.71.